The third-order valence-corrected chi connectivity index (χ3v) is 6.41. The van der Waals surface area contributed by atoms with Crippen LogP contribution in [0.25, 0.3) is 0 Å². The van der Waals surface area contributed by atoms with Gasteiger partial charge in [-0.25, -0.2) is 8.42 Å². The van der Waals surface area contributed by atoms with Crippen LogP contribution >= 0.6 is 34.0 Å². The molecule has 2 aromatic carbocycles. The lowest BCUT2D eigenvalue weighted by atomic mass is 10.4. The SMILES string of the molecule is O=S(=O)(Sc1ccccc1Cl)c1ccccc1Cl. The van der Waals surface area contributed by atoms with Crippen LogP contribution in [0.15, 0.2) is 58.3 Å². The Hall–Kier alpha value is -0.680. The van der Waals surface area contributed by atoms with Crippen LogP contribution in [0.5, 0.6) is 0 Å². The van der Waals surface area contributed by atoms with Gasteiger partial charge in [0.25, 0.3) is 0 Å². The zero-order chi connectivity index (χ0) is 13.2. The first kappa shape index (κ1) is 13.7. The van der Waals surface area contributed by atoms with E-state index in [4.69, 9.17) is 23.2 Å². The molecule has 0 bridgehead atoms. The zero-order valence-electron chi connectivity index (χ0n) is 9.01. The molecule has 0 amide bonds. The Morgan fingerprint density at radius 3 is 2.00 bits per heavy atom. The average molecular weight is 319 g/mol. The van der Waals surface area contributed by atoms with Gasteiger partial charge in [-0.15, -0.1) is 0 Å². The average Bonchev–Trinajstić information content (AvgIpc) is 2.32. The molecule has 0 aliphatic carbocycles. The van der Waals surface area contributed by atoms with E-state index in [1.807, 2.05) is 0 Å². The summed E-state index contributed by atoms with van der Waals surface area (Å²) in [7, 11) is -2.87. The molecule has 2 nitrogen and oxygen atoms in total. The summed E-state index contributed by atoms with van der Waals surface area (Å²) in [5.74, 6) is 0. The number of hydrogen-bond donors (Lipinski definition) is 0. The lowest BCUT2D eigenvalue weighted by Gasteiger charge is -2.06. The highest BCUT2D eigenvalue weighted by Gasteiger charge is 2.20. The van der Waals surface area contributed by atoms with Gasteiger partial charge in [-0.2, -0.15) is 0 Å². The van der Waals surface area contributed by atoms with Gasteiger partial charge in [0.05, 0.1) is 14.9 Å². The Bertz CT molecular complexity index is 669. The fourth-order valence-corrected chi connectivity index (χ4v) is 5.30. The molecule has 18 heavy (non-hydrogen) atoms. The molecule has 0 spiro atoms. The van der Waals surface area contributed by atoms with Crippen molar-refractivity contribution in [2.24, 2.45) is 0 Å². The van der Waals surface area contributed by atoms with Gasteiger partial charge in [0.1, 0.15) is 0 Å². The highest BCUT2D eigenvalue weighted by atomic mass is 35.5. The van der Waals surface area contributed by atoms with Crippen LogP contribution < -0.4 is 0 Å². The van der Waals surface area contributed by atoms with Gasteiger partial charge in [0, 0.05) is 15.7 Å². The summed E-state index contributed by atoms with van der Waals surface area (Å²) in [6, 6.07) is 13.1. The second-order valence-electron chi connectivity index (χ2n) is 3.40. The van der Waals surface area contributed by atoms with Crippen molar-refractivity contribution in [3.8, 4) is 0 Å². The van der Waals surface area contributed by atoms with E-state index < -0.39 is 8.87 Å². The summed E-state index contributed by atoms with van der Waals surface area (Å²) in [4.78, 5) is 0.579. The Morgan fingerprint density at radius 2 is 1.39 bits per heavy atom. The highest BCUT2D eigenvalue weighted by molar-refractivity contribution is 8.72. The van der Waals surface area contributed by atoms with E-state index in [0.29, 0.717) is 20.7 Å². The smallest absolute Gasteiger partial charge is 0.212 e. The fraction of sp³-hybridized carbons (Fsp3) is 0. The molecule has 0 unspecified atom stereocenters. The van der Waals surface area contributed by atoms with E-state index >= 15 is 0 Å². The summed E-state index contributed by atoms with van der Waals surface area (Å²) in [5.41, 5.74) is 0. The zero-order valence-corrected chi connectivity index (χ0v) is 12.2. The van der Waals surface area contributed by atoms with Crippen LogP contribution in [0.1, 0.15) is 0 Å². The number of benzene rings is 2. The predicted octanol–water partition coefficient (Wildman–Crippen LogP) is 4.47. The Morgan fingerprint density at radius 1 is 0.833 bits per heavy atom. The minimum absolute atomic E-state index is 0.0941. The molecule has 2 rings (SSSR count). The Labute approximate surface area is 119 Å². The van der Waals surface area contributed by atoms with Crippen LogP contribution in [0.2, 0.25) is 10.0 Å². The molecule has 0 aliphatic rings. The fourth-order valence-electron chi connectivity index (χ4n) is 1.32. The highest BCUT2D eigenvalue weighted by Crippen LogP contribution is 2.37. The maximum Gasteiger partial charge on any atom is 0.236 e. The van der Waals surface area contributed by atoms with Gasteiger partial charge in [0.15, 0.2) is 0 Å². The van der Waals surface area contributed by atoms with Gasteiger partial charge >= 0.3 is 0 Å². The van der Waals surface area contributed by atoms with Gasteiger partial charge in [0.2, 0.25) is 8.87 Å². The second kappa shape index (κ2) is 5.53. The summed E-state index contributed by atoms with van der Waals surface area (Å²) < 4.78 is 24.4. The maximum atomic E-state index is 12.2. The third-order valence-electron chi connectivity index (χ3n) is 2.14. The molecule has 0 atom stereocenters. The van der Waals surface area contributed by atoms with Crippen LogP contribution in [-0.4, -0.2) is 8.42 Å². The summed E-state index contributed by atoms with van der Waals surface area (Å²) in [6.07, 6.45) is 0. The van der Waals surface area contributed by atoms with E-state index in [2.05, 4.69) is 0 Å². The quantitative estimate of drug-likeness (QED) is 0.783. The first-order valence-electron chi connectivity index (χ1n) is 4.94. The molecule has 0 radical (unpaired) electrons. The Balaban J connectivity index is 2.40. The molecule has 0 aromatic heterocycles. The van der Waals surface area contributed by atoms with Gasteiger partial charge < -0.3 is 0 Å². The first-order chi connectivity index (χ1) is 8.50. The van der Waals surface area contributed by atoms with E-state index in [1.54, 1.807) is 42.5 Å². The summed E-state index contributed by atoms with van der Waals surface area (Å²) in [5, 5.41) is 0.607. The molecule has 0 N–H and O–H groups in total. The van der Waals surface area contributed by atoms with Crippen LogP contribution in [0, 0.1) is 0 Å². The number of hydrogen-bond acceptors (Lipinski definition) is 3. The molecule has 0 saturated carbocycles. The van der Waals surface area contributed by atoms with E-state index in [1.165, 1.54) is 6.07 Å². The van der Waals surface area contributed by atoms with Crippen molar-refractivity contribution in [2.45, 2.75) is 9.79 Å². The van der Waals surface area contributed by atoms with E-state index in [-0.39, 0.29) is 9.92 Å². The lowest BCUT2D eigenvalue weighted by Crippen LogP contribution is -1.96. The predicted molar refractivity (Wildman–Crippen MR) is 75.9 cm³/mol. The molecule has 0 heterocycles. The van der Waals surface area contributed by atoms with Crippen molar-refractivity contribution < 1.29 is 8.42 Å². The summed E-state index contributed by atoms with van der Waals surface area (Å²) >= 11 is 11.8. The molecule has 0 fully saturated rings. The van der Waals surface area contributed by atoms with Crippen LogP contribution in [0.4, 0.5) is 0 Å². The van der Waals surface area contributed by atoms with Crippen molar-refractivity contribution in [2.75, 3.05) is 0 Å². The standard InChI is InChI=1S/C12H8Cl2O2S2/c13-9-5-1-3-7-11(9)17-18(15,16)12-8-4-2-6-10(12)14/h1-8H. The third kappa shape index (κ3) is 3.01. The second-order valence-corrected chi connectivity index (χ2v) is 7.98. The normalized spacial score (nSPS) is 11.4. The van der Waals surface area contributed by atoms with Crippen molar-refractivity contribution in [1.82, 2.24) is 0 Å². The number of rotatable bonds is 3. The van der Waals surface area contributed by atoms with Gasteiger partial charge in [-0.05, 0) is 24.3 Å². The first-order valence-corrected chi connectivity index (χ1v) is 8.51. The molecule has 0 saturated heterocycles. The van der Waals surface area contributed by atoms with Crippen molar-refractivity contribution in [3.63, 3.8) is 0 Å². The van der Waals surface area contributed by atoms with Crippen molar-refractivity contribution in [3.05, 3.63) is 58.6 Å². The maximum absolute atomic E-state index is 12.2. The monoisotopic (exact) mass is 318 g/mol. The Kier molecular flexibility index (Phi) is 4.22. The van der Waals surface area contributed by atoms with Crippen molar-refractivity contribution >= 4 is 42.9 Å². The molecule has 2 aromatic rings. The van der Waals surface area contributed by atoms with Crippen molar-refractivity contribution in [1.29, 1.82) is 0 Å². The molecule has 6 heteroatoms. The van der Waals surface area contributed by atoms with Gasteiger partial charge in [-0.1, -0.05) is 47.5 Å². The molecule has 94 valence electrons. The molecular formula is C12H8Cl2O2S2. The van der Waals surface area contributed by atoms with E-state index in [0.717, 1.165) is 0 Å². The van der Waals surface area contributed by atoms with E-state index in [9.17, 15) is 8.42 Å². The van der Waals surface area contributed by atoms with Crippen LogP contribution in [0.3, 0.4) is 0 Å². The van der Waals surface area contributed by atoms with Gasteiger partial charge in [-0.3, -0.25) is 0 Å². The topological polar surface area (TPSA) is 34.1 Å². The summed E-state index contributed by atoms with van der Waals surface area (Å²) in [6.45, 7) is 0. The minimum atomic E-state index is -3.57. The largest absolute Gasteiger partial charge is 0.236 e. The molecule has 0 aliphatic heterocycles. The van der Waals surface area contributed by atoms with Crippen LogP contribution in [-0.2, 0) is 8.87 Å². The molecular weight excluding hydrogens is 311 g/mol. The number of halogens is 2. The lowest BCUT2D eigenvalue weighted by molar-refractivity contribution is 0.610. The minimum Gasteiger partial charge on any atom is -0.212 e.